The molecule has 0 radical (unpaired) electrons. The number of amides is 1. The minimum atomic E-state index is 0.0596. The van der Waals surface area contributed by atoms with Crippen molar-refractivity contribution in [2.75, 3.05) is 26.7 Å². The second-order valence-electron chi connectivity index (χ2n) is 4.79. The molecule has 0 spiro atoms. The molecular formula is C12H22N2O2. The summed E-state index contributed by atoms with van der Waals surface area (Å²) in [4.78, 5) is 14.2. The molecular weight excluding hydrogens is 204 g/mol. The Morgan fingerprint density at radius 1 is 1.31 bits per heavy atom. The summed E-state index contributed by atoms with van der Waals surface area (Å²) in [5.74, 6) is 0.279. The first-order valence-electron chi connectivity index (χ1n) is 6.36. The SMILES string of the molecule is CO[C@@H]1CCCN(C(=O)[C@H]2CCCCN2)C1. The summed E-state index contributed by atoms with van der Waals surface area (Å²) in [7, 11) is 1.73. The number of piperidine rings is 2. The Bertz CT molecular complexity index is 239. The van der Waals surface area contributed by atoms with E-state index < -0.39 is 0 Å². The number of methoxy groups -OCH3 is 1. The Balaban J connectivity index is 1.87. The molecule has 0 aromatic heterocycles. The Hall–Kier alpha value is -0.610. The zero-order valence-corrected chi connectivity index (χ0v) is 10.1. The second kappa shape index (κ2) is 5.64. The molecule has 16 heavy (non-hydrogen) atoms. The Kier molecular flexibility index (Phi) is 4.18. The smallest absolute Gasteiger partial charge is 0.239 e. The molecule has 92 valence electrons. The third-order valence-electron chi connectivity index (χ3n) is 3.63. The first-order chi connectivity index (χ1) is 7.81. The zero-order chi connectivity index (χ0) is 11.4. The van der Waals surface area contributed by atoms with Crippen LogP contribution in [0.2, 0.25) is 0 Å². The van der Waals surface area contributed by atoms with E-state index in [1.54, 1.807) is 7.11 Å². The van der Waals surface area contributed by atoms with E-state index >= 15 is 0 Å². The molecule has 2 saturated heterocycles. The highest BCUT2D eigenvalue weighted by molar-refractivity contribution is 5.82. The summed E-state index contributed by atoms with van der Waals surface area (Å²) < 4.78 is 5.34. The van der Waals surface area contributed by atoms with E-state index in [0.717, 1.165) is 38.9 Å². The monoisotopic (exact) mass is 226 g/mol. The van der Waals surface area contributed by atoms with Crippen LogP contribution in [0.4, 0.5) is 0 Å². The van der Waals surface area contributed by atoms with Crippen LogP contribution in [0.1, 0.15) is 32.1 Å². The predicted molar refractivity (Wildman–Crippen MR) is 62.3 cm³/mol. The highest BCUT2D eigenvalue weighted by Gasteiger charge is 2.29. The molecule has 0 aliphatic carbocycles. The van der Waals surface area contributed by atoms with Gasteiger partial charge in [0.15, 0.2) is 0 Å². The fraction of sp³-hybridized carbons (Fsp3) is 0.917. The third-order valence-corrected chi connectivity index (χ3v) is 3.63. The number of nitrogens with one attached hydrogen (secondary N) is 1. The lowest BCUT2D eigenvalue weighted by molar-refractivity contribution is -0.137. The molecule has 2 aliphatic heterocycles. The van der Waals surface area contributed by atoms with Crippen LogP contribution in [0, 0.1) is 0 Å². The summed E-state index contributed by atoms with van der Waals surface area (Å²) in [5, 5.41) is 3.32. The third kappa shape index (κ3) is 2.74. The van der Waals surface area contributed by atoms with Crippen molar-refractivity contribution in [3.63, 3.8) is 0 Å². The van der Waals surface area contributed by atoms with E-state index in [9.17, 15) is 4.79 Å². The van der Waals surface area contributed by atoms with Gasteiger partial charge in [0.1, 0.15) is 0 Å². The zero-order valence-electron chi connectivity index (χ0n) is 10.1. The number of carbonyl (C=O) groups is 1. The largest absolute Gasteiger partial charge is 0.380 e. The molecule has 0 unspecified atom stereocenters. The lowest BCUT2D eigenvalue weighted by Crippen LogP contribution is -2.52. The summed E-state index contributed by atoms with van der Waals surface area (Å²) in [5.41, 5.74) is 0. The van der Waals surface area contributed by atoms with Crippen molar-refractivity contribution in [2.45, 2.75) is 44.2 Å². The normalized spacial score (nSPS) is 31.4. The van der Waals surface area contributed by atoms with Gasteiger partial charge in [-0.15, -0.1) is 0 Å². The maximum Gasteiger partial charge on any atom is 0.239 e. The maximum absolute atomic E-state index is 12.2. The molecule has 0 aromatic rings. The molecule has 1 N–H and O–H groups in total. The van der Waals surface area contributed by atoms with Crippen molar-refractivity contribution < 1.29 is 9.53 Å². The van der Waals surface area contributed by atoms with Crippen LogP contribution in [0.25, 0.3) is 0 Å². The minimum Gasteiger partial charge on any atom is -0.380 e. The van der Waals surface area contributed by atoms with E-state index in [4.69, 9.17) is 4.74 Å². The molecule has 2 atom stereocenters. The van der Waals surface area contributed by atoms with Gasteiger partial charge >= 0.3 is 0 Å². The van der Waals surface area contributed by atoms with Gasteiger partial charge in [-0.3, -0.25) is 4.79 Å². The number of rotatable bonds is 2. The Morgan fingerprint density at radius 2 is 2.19 bits per heavy atom. The van der Waals surface area contributed by atoms with Crippen molar-refractivity contribution in [2.24, 2.45) is 0 Å². The topological polar surface area (TPSA) is 41.6 Å². The Labute approximate surface area is 97.3 Å². The van der Waals surface area contributed by atoms with Crippen LogP contribution in [0.15, 0.2) is 0 Å². The van der Waals surface area contributed by atoms with Crippen LogP contribution in [0.3, 0.4) is 0 Å². The first kappa shape index (κ1) is 11.9. The molecule has 0 saturated carbocycles. The first-order valence-corrected chi connectivity index (χ1v) is 6.36. The molecule has 0 aromatic carbocycles. The van der Waals surface area contributed by atoms with Gasteiger partial charge in [-0.1, -0.05) is 6.42 Å². The molecule has 4 nitrogen and oxygen atoms in total. The molecule has 0 bridgehead atoms. The fourth-order valence-electron chi connectivity index (χ4n) is 2.61. The van der Waals surface area contributed by atoms with Crippen molar-refractivity contribution in [3.05, 3.63) is 0 Å². The number of hydrogen-bond donors (Lipinski definition) is 1. The van der Waals surface area contributed by atoms with E-state index in [1.165, 1.54) is 12.8 Å². The van der Waals surface area contributed by atoms with Gasteiger partial charge in [0.05, 0.1) is 12.1 Å². The molecule has 1 amide bonds. The fourth-order valence-corrected chi connectivity index (χ4v) is 2.61. The number of carbonyl (C=O) groups excluding carboxylic acids is 1. The van der Waals surface area contributed by atoms with Crippen LogP contribution in [0.5, 0.6) is 0 Å². The summed E-state index contributed by atoms with van der Waals surface area (Å²) >= 11 is 0. The van der Waals surface area contributed by atoms with Gasteiger partial charge in [-0.25, -0.2) is 0 Å². The van der Waals surface area contributed by atoms with E-state index in [2.05, 4.69) is 5.32 Å². The second-order valence-corrected chi connectivity index (χ2v) is 4.79. The lowest BCUT2D eigenvalue weighted by Gasteiger charge is -2.35. The minimum absolute atomic E-state index is 0.0596. The van der Waals surface area contributed by atoms with Gasteiger partial charge in [0.25, 0.3) is 0 Å². The highest BCUT2D eigenvalue weighted by Crippen LogP contribution is 2.16. The number of ether oxygens (including phenoxy) is 1. The Morgan fingerprint density at radius 3 is 2.88 bits per heavy atom. The van der Waals surface area contributed by atoms with E-state index in [-0.39, 0.29) is 18.1 Å². The van der Waals surface area contributed by atoms with E-state index in [0.29, 0.717) is 0 Å². The summed E-state index contributed by atoms with van der Waals surface area (Å²) in [6.07, 6.45) is 5.75. The van der Waals surface area contributed by atoms with Crippen LogP contribution >= 0.6 is 0 Å². The standard InChI is InChI=1S/C12H22N2O2/c1-16-10-5-4-8-14(9-10)12(15)11-6-2-3-7-13-11/h10-11,13H,2-9H2,1H3/t10-,11-/m1/s1. The van der Waals surface area contributed by atoms with Crippen molar-refractivity contribution in [1.29, 1.82) is 0 Å². The predicted octanol–water partition coefficient (Wildman–Crippen LogP) is 0.766. The lowest BCUT2D eigenvalue weighted by atomic mass is 10.0. The highest BCUT2D eigenvalue weighted by atomic mass is 16.5. The quantitative estimate of drug-likeness (QED) is 0.756. The van der Waals surface area contributed by atoms with Crippen LogP contribution in [-0.4, -0.2) is 49.7 Å². The summed E-state index contributed by atoms with van der Waals surface area (Å²) in [6.45, 7) is 2.66. The molecule has 2 fully saturated rings. The van der Waals surface area contributed by atoms with Gasteiger partial charge in [0, 0.05) is 20.2 Å². The van der Waals surface area contributed by atoms with Crippen molar-refractivity contribution in [3.8, 4) is 0 Å². The summed E-state index contributed by atoms with van der Waals surface area (Å²) in [6, 6.07) is 0.0596. The molecule has 4 heteroatoms. The van der Waals surface area contributed by atoms with Crippen LogP contribution < -0.4 is 5.32 Å². The number of nitrogens with zero attached hydrogens (tertiary/aromatic N) is 1. The maximum atomic E-state index is 12.2. The van der Waals surface area contributed by atoms with Gasteiger partial charge in [-0.2, -0.15) is 0 Å². The van der Waals surface area contributed by atoms with Crippen molar-refractivity contribution in [1.82, 2.24) is 10.2 Å². The van der Waals surface area contributed by atoms with Crippen molar-refractivity contribution >= 4 is 5.91 Å². The molecule has 2 heterocycles. The van der Waals surface area contributed by atoms with Gasteiger partial charge < -0.3 is 15.0 Å². The molecule has 2 rings (SSSR count). The van der Waals surface area contributed by atoms with Crippen LogP contribution in [-0.2, 0) is 9.53 Å². The average molecular weight is 226 g/mol. The average Bonchev–Trinajstić information content (AvgIpc) is 2.39. The number of hydrogen-bond acceptors (Lipinski definition) is 3. The number of likely N-dealkylation sites (tertiary alicyclic amines) is 1. The molecule has 2 aliphatic rings. The van der Waals surface area contributed by atoms with Gasteiger partial charge in [0.2, 0.25) is 5.91 Å². The van der Waals surface area contributed by atoms with Gasteiger partial charge in [-0.05, 0) is 32.2 Å². The van der Waals surface area contributed by atoms with E-state index in [1.807, 2.05) is 4.90 Å².